The Kier molecular flexibility index (Phi) is 5.52. The van der Waals surface area contributed by atoms with Crippen LogP contribution in [0.25, 0.3) is 0 Å². The van der Waals surface area contributed by atoms with E-state index in [4.69, 9.17) is 16.7 Å². The van der Waals surface area contributed by atoms with Gasteiger partial charge in [-0.25, -0.2) is 0 Å². The summed E-state index contributed by atoms with van der Waals surface area (Å²) in [6.07, 6.45) is 0. The number of amides is 2. The summed E-state index contributed by atoms with van der Waals surface area (Å²) in [4.78, 5) is 23.6. The van der Waals surface area contributed by atoms with Crippen molar-refractivity contribution < 1.29 is 14.7 Å². The van der Waals surface area contributed by atoms with Gasteiger partial charge in [-0.15, -0.1) is 0 Å². The van der Waals surface area contributed by atoms with E-state index in [9.17, 15) is 9.59 Å². The van der Waals surface area contributed by atoms with Crippen molar-refractivity contribution in [3.05, 3.63) is 64.7 Å². The van der Waals surface area contributed by atoms with Gasteiger partial charge >= 0.3 is 0 Å². The first kappa shape index (κ1) is 16.0. The predicted octanol–water partition coefficient (Wildman–Crippen LogP) is 2.20. The van der Waals surface area contributed by atoms with Crippen molar-refractivity contribution in [2.75, 3.05) is 11.9 Å². The fourth-order valence-corrected chi connectivity index (χ4v) is 1.94. The summed E-state index contributed by atoms with van der Waals surface area (Å²) in [5.41, 5.74) is 1.69. The van der Waals surface area contributed by atoms with Gasteiger partial charge in [-0.05, 0) is 42.0 Å². The monoisotopic (exact) mass is 318 g/mol. The summed E-state index contributed by atoms with van der Waals surface area (Å²) >= 11 is 5.75. The van der Waals surface area contributed by atoms with Crippen LogP contribution in [0, 0.1) is 0 Å². The van der Waals surface area contributed by atoms with Gasteiger partial charge in [-0.1, -0.05) is 23.7 Å². The van der Waals surface area contributed by atoms with E-state index in [1.165, 1.54) is 0 Å². The Morgan fingerprint density at radius 1 is 1.09 bits per heavy atom. The van der Waals surface area contributed by atoms with E-state index < -0.39 is 0 Å². The zero-order valence-electron chi connectivity index (χ0n) is 11.7. The number of benzene rings is 2. The summed E-state index contributed by atoms with van der Waals surface area (Å²) in [5.74, 6) is -0.701. The lowest BCUT2D eigenvalue weighted by Crippen LogP contribution is -2.32. The van der Waals surface area contributed by atoms with Crippen LogP contribution < -0.4 is 10.6 Å². The first-order chi connectivity index (χ1) is 10.6. The zero-order valence-corrected chi connectivity index (χ0v) is 12.4. The second-order valence-corrected chi connectivity index (χ2v) is 5.03. The van der Waals surface area contributed by atoms with Gasteiger partial charge in [0.2, 0.25) is 5.91 Å². The smallest absolute Gasteiger partial charge is 0.251 e. The highest BCUT2D eigenvalue weighted by atomic mass is 35.5. The maximum Gasteiger partial charge on any atom is 0.251 e. The highest BCUT2D eigenvalue weighted by molar-refractivity contribution is 6.30. The van der Waals surface area contributed by atoms with Crippen LogP contribution in [-0.4, -0.2) is 23.5 Å². The molecule has 0 aliphatic carbocycles. The Morgan fingerprint density at radius 3 is 2.50 bits per heavy atom. The SMILES string of the molecule is O=C(CNC(=O)c1ccc(Cl)cc1)Nc1cccc(CO)c1. The van der Waals surface area contributed by atoms with Gasteiger partial charge in [0.1, 0.15) is 0 Å². The van der Waals surface area contributed by atoms with Crippen LogP contribution in [0.1, 0.15) is 15.9 Å². The third-order valence-corrected chi connectivity index (χ3v) is 3.16. The summed E-state index contributed by atoms with van der Waals surface area (Å²) in [5, 5.41) is 14.7. The molecule has 114 valence electrons. The molecule has 0 saturated heterocycles. The number of nitrogens with one attached hydrogen (secondary N) is 2. The molecule has 5 nitrogen and oxygen atoms in total. The van der Waals surface area contributed by atoms with E-state index in [0.29, 0.717) is 21.8 Å². The molecule has 0 unspecified atom stereocenters. The molecule has 0 heterocycles. The van der Waals surface area contributed by atoms with Crippen LogP contribution in [0.3, 0.4) is 0 Å². The van der Waals surface area contributed by atoms with Crippen LogP contribution >= 0.6 is 11.6 Å². The van der Waals surface area contributed by atoms with Crippen molar-refractivity contribution in [2.24, 2.45) is 0 Å². The molecule has 2 amide bonds. The van der Waals surface area contributed by atoms with Crippen molar-refractivity contribution in [3.8, 4) is 0 Å². The summed E-state index contributed by atoms with van der Waals surface area (Å²) in [6.45, 7) is -0.248. The van der Waals surface area contributed by atoms with Crippen molar-refractivity contribution >= 4 is 29.1 Å². The van der Waals surface area contributed by atoms with E-state index in [1.807, 2.05) is 0 Å². The lowest BCUT2D eigenvalue weighted by atomic mass is 10.2. The lowest BCUT2D eigenvalue weighted by Gasteiger charge is -2.08. The Hall–Kier alpha value is -2.37. The fraction of sp³-hybridized carbons (Fsp3) is 0.125. The minimum Gasteiger partial charge on any atom is -0.392 e. The number of aliphatic hydroxyl groups excluding tert-OH is 1. The van der Waals surface area contributed by atoms with Crippen molar-refractivity contribution in [3.63, 3.8) is 0 Å². The molecule has 0 aromatic heterocycles. The maximum absolute atomic E-state index is 11.8. The molecule has 0 saturated carbocycles. The number of hydrogen-bond acceptors (Lipinski definition) is 3. The highest BCUT2D eigenvalue weighted by Crippen LogP contribution is 2.11. The average Bonchev–Trinajstić information content (AvgIpc) is 2.53. The zero-order chi connectivity index (χ0) is 15.9. The predicted molar refractivity (Wildman–Crippen MR) is 84.8 cm³/mol. The molecule has 0 bridgehead atoms. The number of rotatable bonds is 5. The number of halogens is 1. The largest absolute Gasteiger partial charge is 0.392 e. The Morgan fingerprint density at radius 2 is 1.82 bits per heavy atom. The maximum atomic E-state index is 11.8. The van der Waals surface area contributed by atoms with Gasteiger partial charge in [-0.2, -0.15) is 0 Å². The van der Waals surface area contributed by atoms with E-state index in [0.717, 1.165) is 0 Å². The van der Waals surface area contributed by atoms with Crippen LogP contribution in [0.15, 0.2) is 48.5 Å². The van der Waals surface area contributed by atoms with Gasteiger partial charge in [0.25, 0.3) is 5.91 Å². The van der Waals surface area contributed by atoms with Gasteiger partial charge in [-0.3, -0.25) is 9.59 Å². The normalized spacial score (nSPS) is 10.1. The van der Waals surface area contributed by atoms with Crippen molar-refractivity contribution in [2.45, 2.75) is 6.61 Å². The second kappa shape index (κ2) is 7.59. The van der Waals surface area contributed by atoms with Gasteiger partial charge < -0.3 is 15.7 Å². The fourth-order valence-electron chi connectivity index (χ4n) is 1.82. The molecule has 2 aromatic rings. The van der Waals surface area contributed by atoms with Crippen LogP contribution in [-0.2, 0) is 11.4 Å². The molecule has 2 rings (SSSR count). The summed E-state index contributed by atoms with van der Waals surface area (Å²) in [6, 6.07) is 13.2. The topological polar surface area (TPSA) is 78.4 Å². The molecular weight excluding hydrogens is 304 g/mol. The molecule has 0 atom stereocenters. The van der Waals surface area contributed by atoms with E-state index in [1.54, 1.807) is 48.5 Å². The Bertz CT molecular complexity index is 671. The molecule has 6 heteroatoms. The molecule has 0 fully saturated rings. The number of carbonyl (C=O) groups is 2. The van der Waals surface area contributed by atoms with E-state index in [-0.39, 0.29) is 25.0 Å². The van der Waals surface area contributed by atoms with Crippen molar-refractivity contribution in [1.82, 2.24) is 5.32 Å². The van der Waals surface area contributed by atoms with Gasteiger partial charge in [0.15, 0.2) is 0 Å². The minimum absolute atomic E-state index is 0.100. The van der Waals surface area contributed by atoms with Gasteiger partial charge in [0, 0.05) is 16.3 Å². The molecule has 22 heavy (non-hydrogen) atoms. The Balaban J connectivity index is 1.87. The van der Waals surface area contributed by atoms with Crippen molar-refractivity contribution in [1.29, 1.82) is 0 Å². The molecule has 0 aliphatic rings. The third-order valence-electron chi connectivity index (χ3n) is 2.91. The first-order valence-electron chi connectivity index (χ1n) is 6.62. The third kappa shape index (κ3) is 4.58. The number of aliphatic hydroxyl groups is 1. The molecule has 0 aliphatic heterocycles. The molecule has 3 N–H and O–H groups in total. The van der Waals surface area contributed by atoms with Crippen LogP contribution in [0.5, 0.6) is 0 Å². The summed E-state index contributed by atoms with van der Waals surface area (Å²) in [7, 11) is 0. The van der Waals surface area contributed by atoms with Gasteiger partial charge in [0.05, 0.1) is 13.2 Å². The molecular formula is C16H15ClN2O3. The minimum atomic E-state index is -0.351. The molecule has 0 spiro atoms. The average molecular weight is 319 g/mol. The summed E-state index contributed by atoms with van der Waals surface area (Å²) < 4.78 is 0. The van der Waals surface area contributed by atoms with E-state index in [2.05, 4.69) is 10.6 Å². The lowest BCUT2D eigenvalue weighted by molar-refractivity contribution is -0.115. The van der Waals surface area contributed by atoms with E-state index >= 15 is 0 Å². The first-order valence-corrected chi connectivity index (χ1v) is 6.99. The van der Waals surface area contributed by atoms with Crippen LogP contribution in [0.2, 0.25) is 5.02 Å². The molecule has 2 aromatic carbocycles. The second-order valence-electron chi connectivity index (χ2n) is 4.60. The standard InChI is InChI=1S/C16H15ClN2O3/c17-13-6-4-12(5-7-13)16(22)18-9-15(21)19-14-3-1-2-11(8-14)10-20/h1-8,20H,9-10H2,(H,18,22)(H,19,21). The number of anilines is 1. The molecule has 0 radical (unpaired) electrons. The number of carbonyl (C=O) groups excluding carboxylic acids is 2. The van der Waals surface area contributed by atoms with Crippen LogP contribution in [0.4, 0.5) is 5.69 Å². The highest BCUT2D eigenvalue weighted by Gasteiger charge is 2.08. The Labute approximate surface area is 132 Å². The number of hydrogen-bond donors (Lipinski definition) is 3. The quantitative estimate of drug-likeness (QED) is 0.791.